The second-order valence-electron chi connectivity index (χ2n) is 5.30. The van der Waals surface area contributed by atoms with E-state index in [0.717, 1.165) is 24.3 Å². The summed E-state index contributed by atoms with van der Waals surface area (Å²) in [7, 11) is 0. The third kappa shape index (κ3) is 4.07. The van der Waals surface area contributed by atoms with Crippen LogP contribution in [-0.4, -0.2) is 0 Å². The number of alkyl halides is 6. The predicted molar refractivity (Wildman–Crippen MR) is 76.7 cm³/mol. The molecule has 0 fully saturated rings. The fourth-order valence-electron chi connectivity index (χ4n) is 2.26. The van der Waals surface area contributed by atoms with Crippen LogP contribution in [0.25, 0.3) is 0 Å². The van der Waals surface area contributed by atoms with Crippen molar-refractivity contribution in [2.75, 3.05) is 0 Å². The van der Waals surface area contributed by atoms with Gasteiger partial charge in [0.1, 0.15) is 0 Å². The molecule has 2 aromatic rings. The summed E-state index contributed by atoms with van der Waals surface area (Å²) in [4.78, 5) is 0. The van der Waals surface area contributed by atoms with Gasteiger partial charge < -0.3 is 11.5 Å². The van der Waals surface area contributed by atoms with Crippen molar-refractivity contribution in [3.05, 3.63) is 70.8 Å². The van der Waals surface area contributed by atoms with Gasteiger partial charge in [0.25, 0.3) is 0 Å². The fraction of sp³-hybridized carbons (Fsp3) is 0.250. The van der Waals surface area contributed by atoms with Gasteiger partial charge in [0.05, 0.1) is 11.1 Å². The molecule has 4 N–H and O–H groups in total. The van der Waals surface area contributed by atoms with Crippen LogP contribution in [0.2, 0.25) is 0 Å². The zero-order valence-electron chi connectivity index (χ0n) is 12.2. The Balaban J connectivity index is 2.32. The maximum atomic E-state index is 12.7. The minimum absolute atomic E-state index is 0.0923. The summed E-state index contributed by atoms with van der Waals surface area (Å²) in [6, 6.07) is 6.34. The molecule has 24 heavy (non-hydrogen) atoms. The predicted octanol–water partition coefficient (Wildman–Crippen LogP) is 4.42. The number of hydrogen-bond acceptors (Lipinski definition) is 2. The Kier molecular flexibility index (Phi) is 4.91. The van der Waals surface area contributed by atoms with Gasteiger partial charge in [-0.1, -0.05) is 24.3 Å². The van der Waals surface area contributed by atoms with Gasteiger partial charge in [0.2, 0.25) is 0 Å². The van der Waals surface area contributed by atoms with Crippen LogP contribution in [-0.2, 0) is 12.4 Å². The van der Waals surface area contributed by atoms with E-state index in [1.54, 1.807) is 0 Å². The summed E-state index contributed by atoms with van der Waals surface area (Å²) in [6.45, 7) is 0. The average Bonchev–Trinajstić information content (AvgIpc) is 2.52. The molecule has 0 aliphatic carbocycles. The first kappa shape index (κ1) is 18.3. The van der Waals surface area contributed by atoms with Crippen molar-refractivity contribution < 1.29 is 26.3 Å². The topological polar surface area (TPSA) is 52.0 Å². The first-order valence-corrected chi connectivity index (χ1v) is 6.85. The highest BCUT2D eigenvalue weighted by atomic mass is 19.4. The summed E-state index contributed by atoms with van der Waals surface area (Å²) < 4.78 is 76.5. The average molecular weight is 348 g/mol. The van der Waals surface area contributed by atoms with Gasteiger partial charge in [-0.05, 0) is 35.4 Å². The van der Waals surface area contributed by atoms with Crippen molar-refractivity contribution in [1.82, 2.24) is 0 Å². The molecule has 0 aliphatic rings. The Morgan fingerprint density at radius 3 is 1.25 bits per heavy atom. The Morgan fingerprint density at radius 2 is 0.958 bits per heavy atom. The van der Waals surface area contributed by atoms with Crippen LogP contribution in [0.4, 0.5) is 26.3 Å². The summed E-state index contributed by atoms with van der Waals surface area (Å²) in [5, 5.41) is 0. The molecule has 2 nitrogen and oxygen atoms in total. The van der Waals surface area contributed by atoms with Crippen LogP contribution in [0.15, 0.2) is 48.5 Å². The smallest absolute Gasteiger partial charge is 0.322 e. The van der Waals surface area contributed by atoms with Crippen LogP contribution < -0.4 is 11.5 Å². The molecule has 0 bridgehead atoms. The summed E-state index contributed by atoms with van der Waals surface area (Å²) in [5.74, 6) is 0. The lowest BCUT2D eigenvalue weighted by molar-refractivity contribution is -0.138. The Labute approximate surface area is 134 Å². The zero-order valence-corrected chi connectivity index (χ0v) is 12.2. The van der Waals surface area contributed by atoms with Gasteiger partial charge in [-0.25, -0.2) is 0 Å². The Morgan fingerprint density at radius 1 is 0.625 bits per heavy atom. The van der Waals surface area contributed by atoms with Crippen molar-refractivity contribution in [1.29, 1.82) is 0 Å². The number of nitrogens with two attached hydrogens (primary N) is 2. The number of halogens is 6. The van der Waals surface area contributed by atoms with Crippen LogP contribution in [0.1, 0.15) is 34.3 Å². The first-order chi connectivity index (χ1) is 11.0. The van der Waals surface area contributed by atoms with Crippen LogP contribution in [0.5, 0.6) is 0 Å². The molecule has 2 atom stereocenters. The van der Waals surface area contributed by atoms with Gasteiger partial charge in [0.15, 0.2) is 0 Å². The van der Waals surface area contributed by atoms with E-state index in [4.69, 9.17) is 11.5 Å². The Hall–Kier alpha value is -2.06. The van der Waals surface area contributed by atoms with Crippen molar-refractivity contribution in [3.8, 4) is 0 Å². The third-order valence-corrected chi connectivity index (χ3v) is 3.58. The maximum Gasteiger partial charge on any atom is 0.416 e. The molecule has 0 radical (unpaired) electrons. The van der Waals surface area contributed by atoms with E-state index in [2.05, 4.69) is 0 Å². The van der Waals surface area contributed by atoms with Gasteiger partial charge in [-0.2, -0.15) is 26.3 Å². The maximum absolute atomic E-state index is 12.7. The van der Waals surface area contributed by atoms with Crippen LogP contribution in [0, 0.1) is 0 Å². The number of benzene rings is 2. The second kappa shape index (κ2) is 6.45. The Bertz CT molecular complexity index is 647. The monoisotopic (exact) mass is 348 g/mol. The van der Waals surface area contributed by atoms with E-state index in [9.17, 15) is 26.3 Å². The van der Waals surface area contributed by atoms with Gasteiger partial charge in [-0.3, -0.25) is 0 Å². The molecule has 2 aromatic carbocycles. The minimum atomic E-state index is -4.55. The van der Waals surface area contributed by atoms with Gasteiger partial charge in [0, 0.05) is 12.1 Å². The molecule has 0 saturated carbocycles. The lowest BCUT2D eigenvalue weighted by atomic mass is 9.93. The second-order valence-corrected chi connectivity index (χ2v) is 5.30. The highest BCUT2D eigenvalue weighted by Gasteiger charge is 2.33. The van der Waals surface area contributed by atoms with Gasteiger partial charge in [-0.15, -0.1) is 0 Å². The molecule has 0 unspecified atom stereocenters. The zero-order chi connectivity index (χ0) is 18.1. The van der Waals surface area contributed by atoms with Gasteiger partial charge >= 0.3 is 12.4 Å². The van der Waals surface area contributed by atoms with Crippen molar-refractivity contribution in [2.24, 2.45) is 11.5 Å². The number of rotatable bonds is 3. The molecule has 0 amide bonds. The molecule has 8 heteroatoms. The van der Waals surface area contributed by atoms with E-state index >= 15 is 0 Å². The highest BCUT2D eigenvalue weighted by molar-refractivity contribution is 5.33. The molecule has 0 saturated heterocycles. The molecule has 130 valence electrons. The molecule has 0 aliphatic heterocycles. The van der Waals surface area contributed by atoms with E-state index in [1.165, 1.54) is 24.3 Å². The first-order valence-electron chi connectivity index (χ1n) is 6.85. The largest absolute Gasteiger partial charge is 0.416 e. The molecule has 0 spiro atoms. The highest BCUT2D eigenvalue weighted by Crippen LogP contribution is 2.34. The lowest BCUT2D eigenvalue weighted by Crippen LogP contribution is -2.27. The summed E-state index contributed by atoms with van der Waals surface area (Å²) >= 11 is 0. The third-order valence-electron chi connectivity index (χ3n) is 3.58. The van der Waals surface area contributed by atoms with E-state index in [-0.39, 0.29) is 11.1 Å². The molecule has 0 heterocycles. The summed E-state index contributed by atoms with van der Waals surface area (Å²) in [5.41, 5.74) is 10.1. The molecular weight excluding hydrogens is 334 g/mol. The van der Waals surface area contributed by atoms with Crippen molar-refractivity contribution in [2.45, 2.75) is 24.4 Å². The van der Waals surface area contributed by atoms with Crippen molar-refractivity contribution in [3.63, 3.8) is 0 Å². The normalized spacial score (nSPS) is 15.2. The van der Waals surface area contributed by atoms with Crippen molar-refractivity contribution >= 4 is 0 Å². The van der Waals surface area contributed by atoms with Crippen LogP contribution in [0.3, 0.4) is 0 Å². The molecule has 2 rings (SSSR count). The molecule has 0 aromatic heterocycles. The minimum Gasteiger partial charge on any atom is -0.322 e. The quantitative estimate of drug-likeness (QED) is 0.807. The lowest BCUT2D eigenvalue weighted by Gasteiger charge is -2.22. The summed E-state index contributed by atoms with van der Waals surface area (Å²) in [6.07, 6.45) is -9.09. The molecular formula is C16H14F6N2. The van der Waals surface area contributed by atoms with E-state index in [1.807, 2.05) is 0 Å². The number of hydrogen-bond donors (Lipinski definition) is 2. The van der Waals surface area contributed by atoms with E-state index in [0.29, 0.717) is 0 Å². The standard InChI is InChI=1S/C16H14F6N2/c17-15(18,19)11-5-1-3-9(7-11)13(23)14(24)10-4-2-6-12(8-10)16(20,21)22/h1-8,13-14H,23-24H2/t13-,14-/m0/s1. The van der Waals surface area contributed by atoms with Crippen LogP contribution >= 0.6 is 0 Å². The SMILES string of the molecule is N[C@@H](c1cccc(C(F)(F)F)c1)[C@@H](N)c1cccc(C(F)(F)F)c1. The fourth-order valence-corrected chi connectivity index (χ4v) is 2.26. The van der Waals surface area contributed by atoms with E-state index < -0.39 is 35.6 Å².